The Morgan fingerprint density at radius 2 is 2.23 bits per heavy atom. The molecule has 1 N–H and O–H groups in total. The number of hydrogen-bond acceptors (Lipinski definition) is 3. The largest absolute Gasteiger partial charge is 0.315 e. The highest BCUT2D eigenvalue weighted by molar-refractivity contribution is 5.97. The maximum Gasteiger partial charge on any atom is 0.241 e. The van der Waals surface area contributed by atoms with Crippen molar-refractivity contribution in [3.8, 4) is 0 Å². The van der Waals surface area contributed by atoms with Crippen molar-refractivity contribution in [2.45, 2.75) is 45.2 Å². The Kier molecular flexibility index (Phi) is 4.79. The molecule has 2 aliphatic heterocycles. The van der Waals surface area contributed by atoms with Crippen LogP contribution in [0.5, 0.6) is 0 Å². The molecule has 0 aliphatic carbocycles. The van der Waals surface area contributed by atoms with E-state index < -0.39 is 0 Å². The lowest BCUT2D eigenvalue weighted by atomic mass is 10.1. The molecule has 2 atom stereocenters. The third-order valence-corrected chi connectivity index (χ3v) is 4.88. The maximum absolute atomic E-state index is 12.9. The smallest absolute Gasteiger partial charge is 0.241 e. The van der Waals surface area contributed by atoms with Crippen LogP contribution < -0.4 is 10.2 Å². The molecule has 1 saturated heterocycles. The summed E-state index contributed by atoms with van der Waals surface area (Å²) in [4.78, 5) is 17.3. The quantitative estimate of drug-likeness (QED) is 0.904. The van der Waals surface area contributed by atoms with Crippen molar-refractivity contribution in [2.75, 3.05) is 31.1 Å². The zero-order valence-corrected chi connectivity index (χ0v) is 13.7. The Bertz CT molecular complexity index is 525. The van der Waals surface area contributed by atoms with E-state index in [1.54, 1.807) is 0 Å². The van der Waals surface area contributed by atoms with E-state index in [0.717, 1.165) is 44.6 Å². The molecule has 1 fully saturated rings. The number of hydrogen-bond donors (Lipinski definition) is 1. The van der Waals surface area contributed by atoms with E-state index in [-0.39, 0.29) is 11.9 Å². The maximum atomic E-state index is 12.9. The SMILES string of the molecule is CCCN(CC(=O)N1c2ccccc2CC1C)C1CCNC1. The topological polar surface area (TPSA) is 35.6 Å². The number of carbonyl (C=O) groups is 1. The molecule has 0 radical (unpaired) electrons. The van der Waals surface area contributed by atoms with Gasteiger partial charge in [-0.15, -0.1) is 0 Å². The standard InChI is InChI=1S/C18H27N3O/c1-3-10-20(16-8-9-19-12-16)13-18(22)21-14(2)11-15-6-4-5-7-17(15)21/h4-7,14,16,19H,3,8-13H2,1-2H3. The number of para-hydroxylation sites is 1. The number of benzene rings is 1. The van der Waals surface area contributed by atoms with Crippen LogP contribution >= 0.6 is 0 Å². The number of carbonyl (C=O) groups excluding carboxylic acids is 1. The van der Waals surface area contributed by atoms with E-state index in [4.69, 9.17) is 0 Å². The minimum absolute atomic E-state index is 0.248. The first-order chi connectivity index (χ1) is 10.7. The summed E-state index contributed by atoms with van der Waals surface area (Å²) in [6.07, 6.45) is 3.22. The first-order valence-corrected chi connectivity index (χ1v) is 8.55. The van der Waals surface area contributed by atoms with Gasteiger partial charge in [-0.3, -0.25) is 9.69 Å². The van der Waals surface area contributed by atoms with Gasteiger partial charge in [0.25, 0.3) is 0 Å². The molecule has 120 valence electrons. The van der Waals surface area contributed by atoms with Gasteiger partial charge in [0.1, 0.15) is 0 Å². The first-order valence-electron chi connectivity index (χ1n) is 8.55. The molecule has 0 bridgehead atoms. The van der Waals surface area contributed by atoms with Gasteiger partial charge in [-0.25, -0.2) is 0 Å². The van der Waals surface area contributed by atoms with Gasteiger partial charge < -0.3 is 10.2 Å². The highest BCUT2D eigenvalue weighted by Gasteiger charge is 2.32. The third-order valence-electron chi connectivity index (χ3n) is 4.88. The molecule has 4 nitrogen and oxygen atoms in total. The number of fused-ring (bicyclic) bond motifs is 1. The fourth-order valence-corrected chi connectivity index (χ4v) is 3.82. The molecular formula is C18H27N3O. The zero-order valence-electron chi connectivity index (χ0n) is 13.7. The molecule has 2 heterocycles. The summed E-state index contributed by atoms with van der Waals surface area (Å²) in [5, 5.41) is 3.41. The summed E-state index contributed by atoms with van der Waals surface area (Å²) in [5.41, 5.74) is 2.41. The van der Waals surface area contributed by atoms with Gasteiger partial charge in [-0.1, -0.05) is 25.1 Å². The molecule has 4 heteroatoms. The van der Waals surface area contributed by atoms with Crippen LogP contribution in [0.1, 0.15) is 32.3 Å². The van der Waals surface area contributed by atoms with Crippen molar-refractivity contribution in [1.29, 1.82) is 0 Å². The van der Waals surface area contributed by atoms with Gasteiger partial charge in [0.15, 0.2) is 0 Å². The minimum atomic E-state index is 0.248. The zero-order chi connectivity index (χ0) is 15.5. The van der Waals surface area contributed by atoms with Crippen molar-refractivity contribution in [2.24, 2.45) is 0 Å². The third kappa shape index (κ3) is 3.03. The van der Waals surface area contributed by atoms with E-state index in [1.807, 2.05) is 11.0 Å². The van der Waals surface area contributed by atoms with Crippen molar-refractivity contribution in [3.05, 3.63) is 29.8 Å². The van der Waals surface area contributed by atoms with Gasteiger partial charge in [0, 0.05) is 24.3 Å². The molecule has 22 heavy (non-hydrogen) atoms. The van der Waals surface area contributed by atoms with Crippen LogP contribution in [0, 0.1) is 0 Å². The molecule has 2 aliphatic rings. The molecule has 0 spiro atoms. The van der Waals surface area contributed by atoms with E-state index >= 15 is 0 Å². The molecule has 0 aromatic heterocycles. The Morgan fingerprint density at radius 1 is 1.41 bits per heavy atom. The van der Waals surface area contributed by atoms with Gasteiger partial charge in [-0.05, 0) is 50.9 Å². The molecule has 0 saturated carbocycles. The lowest BCUT2D eigenvalue weighted by Crippen LogP contribution is -2.47. The summed E-state index contributed by atoms with van der Waals surface area (Å²) in [6.45, 7) is 7.97. The summed E-state index contributed by atoms with van der Waals surface area (Å²) < 4.78 is 0. The monoisotopic (exact) mass is 301 g/mol. The fraction of sp³-hybridized carbons (Fsp3) is 0.611. The molecule has 3 rings (SSSR count). The van der Waals surface area contributed by atoms with Crippen molar-refractivity contribution in [3.63, 3.8) is 0 Å². The number of nitrogens with zero attached hydrogens (tertiary/aromatic N) is 2. The van der Waals surface area contributed by atoms with Crippen molar-refractivity contribution < 1.29 is 4.79 Å². The van der Waals surface area contributed by atoms with Gasteiger partial charge in [-0.2, -0.15) is 0 Å². The van der Waals surface area contributed by atoms with E-state index in [0.29, 0.717) is 12.6 Å². The number of rotatable bonds is 5. The van der Waals surface area contributed by atoms with Crippen LogP contribution in [0.15, 0.2) is 24.3 Å². The molecule has 1 aromatic carbocycles. The van der Waals surface area contributed by atoms with E-state index in [1.165, 1.54) is 5.56 Å². The summed E-state index contributed by atoms with van der Waals surface area (Å²) in [5.74, 6) is 0.248. The second-order valence-corrected chi connectivity index (χ2v) is 6.56. The second kappa shape index (κ2) is 6.80. The van der Waals surface area contributed by atoms with Gasteiger partial charge in [0.2, 0.25) is 5.91 Å². The van der Waals surface area contributed by atoms with Crippen molar-refractivity contribution in [1.82, 2.24) is 10.2 Å². The number of nitrogens with one attached hydrogen (secondary N) is 1. The Labute approximate surface area is 133 Å². The van der Waals surface area contributed by atoms with Crippen LogP contribution in [-0.4, -0.2) is 49.1 Å². The van der Waals surface area contributed by atoms with E-state index in [2.05, 4.69) is 42.3 Å². The highest BCUT2D eigenvalue weighted by Crippen LogP contribution is 2.32. The highest BCUT2D eigenvalue weighted by atomic mass is 16.2. The predicted molar refractivity (Wildman–Crippen MR) is 90.2 cm³/mol. The first kappa shape index (κ1) is 15.5. The lowest BCUT2D eigenvalue weighted by molar-refractivity contribution is -0.120. The fourth-order valence-electron chi connectivity index (χ4n) is 3.82. The molecular weight excluding hydrogens is 274 g/mol. The number of anilines is 1. The molecule has 2 unspecified atom stereocenters. The summed E-state index contributed by atoms with van der Waals surface area (Å²) in [7, 11) is 0. The van der Waals surface area contributed by atoms with Crippen LogP contribution in [0.25, 0.3) is 0 Å². The van der Waals surface area contributed by atoms with Crippen LogP contribution in [0.3, 0.4) is 0 Å². The van der Waals surface area contributed by atoms with Gasteiger partial charge >= 0.3 is 0 Å². The van der Waals surface area contributed by atoms with Crippen molar-refractivity contribution >= 4 is 11.6 Å². The normalized spacial score (nSPS) is 24.0. The predicted octanol–water partition coefficient (Wildman–Crippen LogP) is 2.04. The second-order valence-electron chi connectivity index (χ2n) is 6.56. The molecule has 1 aromatic rings. The van der Waals surface area contributed by atoms with Crippen LogP contribution in [0.4, 0.5) is 5.69 Å². The lowest BCUT2D eigenvalue weighted by Gasteiger charge is -2.31. The summed E-state index contributed by atoms with van der Waals surface area (Å²) in [6, 6.07) is 9.10. The number of amides is 1. The van der Waals surface area contributed by atoms with Crippen LogP contribution in [-0.2, 0) is 11.2 Å². The van der Waals surface area contributed by atoms with E-state index in [9.17, 15) is 4.79 Å². The Balaban J connectivity index is 1.72. The Morgan fingerprint density at radius 3 is 2.95 bits per heavy atom. The average Bonchev–Trinajstić information content (AvgIpc) is 3.13. The van der Waals surface area contributed by atoms with Crippen LogP contribution in [0.2, 0.25) is 0 Å². The van der Waals surface area contributed by atoms with Gasteiger partial charge in [0.05, 0.1) is 6.54 Å². The Hall–Kier alpha value is -1.39. The average molecular weight is 301 g/mol. The molecule has 1 amide bonds. The minimum Gasteiger partial charge on any atom is -0.315 e. The summed E-state index contributed by atoms with van der Waals surface area (Å²) >= 11 is 0.